The van der Waals surface area contributed by atoms with Gasteiger partial charge in [0.2, 0.25) is 0 Å². The van der Waals surface area contributed by atoms with E-state index in [0.29, 0.717) is 11.7 Å². The third-order valence-electron chi connectivity index (χ3n) is 4.26. The summed E-state index contributed by atoms with van der Waals surface area (Å²) < 4.78 is 7.14. The van der Waals surface area contributed by atoms with E-state index in [0.717, 1.165) is 43.0 Å². The summed E-state index contributed by atoms with van der Waals surface area (Å²) in [6.07, 6.45) is 4.06. The molecule has 0 spiro atoms. The number of aryl methyl sites for hydroxylation is 2. The average molecular weight is 275 g/mol. The Kier molecular flexibility index (Phi) is 3.12. The summed E-state index contributed by atoms with van der Waals surface area (Å²) in [6, 6.07) is 1.93. The van der Waals surface area contributed by atoms with Crippen molar-refractivity contribution in [2.75, 3.05) is 0 Å². The molecule has 0 amide bonds. The van der Waals surface area contributed by atoms with Crippen molar-refractivity contribution in [3.05, 3.63) is 17.6 Å². The van der Waals surface area contributed by atoms with Gasteiger partial charge in [-0.3, -0.25) is 4.68 Å². The Morgan fingerprint density at radius 1 is 1.40 bits per heavy atom. The minimum absolute atomic E-state index is 0.443. The summed E-state index contributed by atoms with van der Waals surface area (Å²) >= 11 is 0. The number of nitrogens with two attached hydrogens (primary N) is 1. The molecule has 1 fully saturated rings. The Bertz CT molecular complexity index is 607. The molecule has 6 nitrogen and oxygen atoms in total. The van der Waals surface area contributed by atoms with Crippen LogP contribution in [0.3, 0.4) is 0 Å². The van der Waals surface area contributed by atoms with E-state index in [-0.39, 0.29) is 0 Å². The summed E-state index contributed by atoms with van der Waals surface area (Å²) in [6.45, 7) is 4.20. The van der Waals surface area contributed by atoms with Crippen LogP contribution in [0.4, 0.5) is 0 Å². The van der Waals surface area contributed by atoms with Gasteiger partial charge in [-0.2, -0.15) is 10.1 Å². The van der Waals surface area contributed by atoms with Gasteiger partial charge < -0.3 is 10.3 Å². The average Bonchev–Trinajstić information content (AvgIpc) is 3.00. The van der Waals surface area contributed by atoms with Gasteiger partial charge in [-0.1, -0.05) is 12.1 Å². The van der Waals surface area contributed by atoms with Crippen molar-refractivity contribution in [2.24, 2.45) is 18.7 Å². The van der Waals surface area contributed by atoms with Crippen LogP contribution in [0, 0.1) is 12.8 Å². The molecular weight excluding hydrogens is 254 g/mol. The third-order valence-corrected chi connectivity index (χ3v) is 4.26. The lowest BCUT2D eigenvalue weighted by Crippen LogP contribution is -2.41. The van der Waals surface area contributed by atoms with Crippen LogP contribution < -0.4 is 5.73 Å². The summed E-state index contributed by atoms with van der Waals surface area (Å²) in [4.78, 5) is 4.51. The predicted molar refractivity (Wildman–Crippen MR) is 74.7 cm³/mol. The molecule has 1 aliphatic rings. The maximum absolute atomic E-state index is 6.47. The second-order valence-corrected chi connectivity index (χ2v) is 6.06. The van der Waals surface area contributed by atoms with Gasteiger partial charge in [0.25, 0.3) is 5.89 Å². The fraction of sp³-hybridized carbons (Fsp3) is 0.643. The van der Waals surface area contributed by atoms with Crippen LogP contribution in [-0.4, -0.2) is 19.9 Å². The van der Waals surface area contributed by atoms with Crippen molar-refractivity contribution in [3.63, 3.8) is 0 Å². The van der Waals surface area contributed by atoms with E-state index < -0.39 is 5.54 Å². The number of hydrogen-bond acceptors (Lipinski definition) is 5. The molecule has 6 heteroatoms. The van der Waals surface area contributed by atoms with Crippen molar-refractivity contribution in [2.45, 2.75) is 45.1 Å². The van der Waals surface area contributed by atoms with Crippen molar-refractivity contribution in [1.82, 2.24) is 19.9 Å². The molecule has 2 N–H and O–H groups in total. The van der Waals surface area contributed by atoms with Crippen LogP contribution in [0.25, 0.3) is 11.6 Å². The Morgan fingerprint density at radius 3 is 2.70 bits per heavy atom. The van der Waals surface area contributed by atoms with Gasteiger partial charge >= 0.3 is 0 Å². The minimum Gasteiger partial charge on any atom is -0.332 e. The van der Waals surface area contributed by atoms with Crippen LogP contribution in [0.15, 0.2) is 10.6 Å². The highest BCUT2D eigenvalue weighted by Crippen LogP contribution is 2.36. The monoisotopic (exact) mass is 275 g/mol. The molecule has 0 saturated heterocycles. The van der Waals surface area contributed by atoms with E-state index in [1.807, 2.05) is 20.0 Å². The fourth-order valence-corrected chi connectivity index (χ4v) is 2.84. The first-order valence-corrected chi connectivity index (χ1v) is 7.12. The molecule has 108 valence electrons. The van der Waals surface area contributed by atoms with Gasteiger partial charge in [0.15, 0.2) is 5.82 Å². The van der Waals surface area contributed by atoms with Crippen molar-refractivity contribution >= 4 is 0 Å². The molecule has 0 bridgehead atoms. The normalized spacial score (nSPS) is 26.9. The molecule has 0 atom stereocenters. The first-order chi connectivity index (χ1) is 9.48. The van der Waals surface area contributed by atoms with Crippen LogP contribution in [0.1, 0.15) is 44.1 Å². The van der Waals surface area contributed by atoms with E-state index in [4.69, 9.17) is 10.3 Å². The molecule has 20 heavy (non-hydrogen) atoms. The molecule has 2 heterocycles. The number of hydrogen-bond donors (Lipinski definition) is 1. The quantitative estimate of drug-likeness (QED) is 0.908. The molecule has 1 aliphatic carbocycles. The summed E-state index contributed by atoms with van der Waals surface area (Å²) in [5, 5.41) is 8.41. The topological polar surface area (TPSA) is 82.8 Å². The molecule has 0 unspecified atom stereocenters. The number of rotatable bonds is 2. The third kappa shape index (κ3) is 2.24. The Balaban J connectivity index is 1.89. The highest BCUT2D eigenvalue weighted by atomic mass is 16.5. The summed E-state index contributed by atoms with van der Waals surface area (Å²) in [7, 11) is 1.87. The van der Waals surface area contributed by atoms with E-state index in [1.54, 1.807) is 4.68 Å². The largest absolute Gasteiger partial charge is 0.332 e. The predicted octanol–water partition coefficient (Wildman–Crippen LogP) is 2.14. The minimum atomic E-state index is -0.443. The van der Waals surface area contributed by atoms with Gasteiger partial charge in [-0.25, -0.2) is 0 Å². The second-order valence-electron chi connectivity index (χ2n) is 6.06. The highest BCUT2D eigenvalue weighted by molar-refractivity contribution is 5.47. The van der Waals surface area contributed by atoms with Crippen molar-refractivity contribution in [1.29, 1.82) is 0 Å². The molecule has 2 aromatic rings. The van der Waals surface area contributed by atoms with Gasteiger partial charge in [0.05, 0.1) is 11.2 Å². The summed E-state index contributed by atoms with van der Waals surface area (Å²) in [5.74, 6) is 1.85. The summed E-state index contributed by atoms with van der Waals surface area (Å²) in [5.41, 5.74) is 7.78. The van der Waals surface area contributed by atoms with E-state index in [1.165, 1.54) is 0 Å². The SMILES string of the molecule is Cc1cc(-c2nc(C3(N)CCC(C)CC3)no2)n(C)n1. The van der Waals surface area contributed by atoms with Gasteiger partial charge in [-0.05, 0) is 44.6 Å². The Labute approximate surface area is 118 Å². The lowest BCUT2D eigenvalue weighted by molar-refractivity contribution is 0.230. The van der Waals surface area contributed by atoms with Crippen LogP contribution in [-0.2, 0) is 12.6 Å². The lowest BCUT2D eigenvalue weighted by atomic mass is 9.77. The van der Waals surface area contributed by atoms with Crippen LogP contribution in [0.5, 0.6) is 0 Å². The molecule has 1 saturated carbocycles. The Morgan fingerprint density at radius 2 is 2.10 bits per heavy atom. The maximum Gasteiger partial charge on any atom is 0.276 e. The zero-order valence-electron chi connectivity index (χ0n) is 12.3. The van der Waals surface area contributed by atoms with E-state index >= 15 is 0 Å². The Hall–Kier alpha value is -1.69. The fourth-order valence-electron chi connectivity index (χ4n) is 2.84. The number of aromatic nitrogens is 4. The molecule has 2 aromatic heterocycles. The molecule has 0 radical (unpaired) electrons. The zero-order chi connectivity index (χ0) is 14.3. The second kappa shape index (κ2) is 4.70. The maximum atomic E-state index is 6.47. The first-order valence-electron chi connectivity index (χ1n) is 7.12. The van der Waals surface area contributed by atoms with E-state index in [9.17, 15) is 0 Å². The van der Waals surface area contributed by atoms with E-state index in [2.05, 4.69) is 22.2 Å². The highest BCUT2D eigenvalue weighted by Gasteiger charge is 2.36. The van der Waals surface area contributed by atoms with Crippen LogP contribution >= 0.6 is 0 Å². The molecular formula is C14H21N5O. The number of nitrogens with zero attached hydrogens (tertiary/aromatic N) is 4. The smallest absolute Gasteiger partial charge is 0.276 e. The standard InChI is InChI=1S/C14H21N5O/c1-9-4-6-14(15,7-5-9)13-16-12(20-18-13)11-8-10(2)17-19(11)3/h8-9H,4-7,15H2,1-3H3. The van der Waals surface area contributed by atoms with Crippen LogP contribution in [0.2, 0.25) is 0 Å². The van der Waals surface area contributed by atoms with Gasteiger partial charge in [-0.15, -0.1) is 0 Å². The molecule has 0 aromatic carbocycles. The lowest BCUT2D eigenvalue weighted by Gasteiger charge is -2.33. The molecule has 3 rings (SSSR count). The first kappa shape index (κ1) is 13.3. The van der Waals surface area contributed by atoms with Gasteiger partial charge in [0, 0.05) is 7.05 Å². The van der Waals surface area contributed by atoms with Gasteiger partial charge in [0.1, 0.15) is 5.69 Å². The van der Waals surface area contributed by atoms with Crippen molar-refractivity contribution < 1.29 is 4.52 Å². The molecule has 0 aliphatic heterocycles. The zero-order valence-corrected chi connectivity index (χ0v) is 12.3. The van der Waals surface area contributed by atoms with Crippen molar-refractivity contribution in [3.8, 4) is 11.6 Å².